The summed E-state index contributed by atoms with van der Waals surface area (Å²) in [5, 5.41) is 0. The molecule has 0 spiro atoms. The smallest absolute Gasteiger partial charge is 0.122 e. The topological polar surface area (TPSA) is 35.2 Å². The van der Waals surface area contributed by atoms with Gasteiger partial charge >= 0.3 is 0 Å². The van der Waals surface area contributed by atoms with Gasteiger partial charge in [-0.25, -0.2) is 0 Å². The van der Waals surface area contributed by atoms with Crippen LogP contribution in [0.5, 0.6) is 5.75 Å². The van der Waals surface area contributed by atoms with Gasteiger partial charge in [-0.2, -0.15) is 0 Å². The maximum atomic E-state index is 5.59. The lowest BCUT2D eigenvalue weighted by atomic mass is 9.85. The number of rotatable bonds is 5. The van der Waals surface area contributed by atoms with Gasteiger partial charge in [0.05, 0.1) is 7.11 Å². The molecule has 100 valence electrons. The quantitative estimate of drug-likeness (QED) is 0.811. The minimum atomic E-state index is 0.784. The van der Waals surface area contributed by atoms with Crippen molar-refractivity contribution in [1.82, 2.24) is 0 Å². The second kappa shape index (κ2) is 6.24. The van der Waals surface area contributed by atoms with Crippen molar-refractivity contribution in [2.24, 2.45) is 5.73 Å². The van der Waals surface area contributed by atoms with Gasteiger partial charge in [-0.1, -0.05) is 0 Å². The summed E-state index contributed by atoms with van der Waals surface area (Å²) in [7, 11) is 1.79. The number of ether oxygens (including phenoxy) is 1. The zero-order valence-electron chi connectivity index (χ0n) is 11.7. The summed E-state index contributed by atoms with van der Waals surface area (Å²) >= 11 is 0. The minimum absolute atomic E-state index is 0.784. The van der Waals surface area contributed by atoms with E-state index in [-0.39, 0.29) is 0 Å². The third-order valence-corrected chi connectivity index (χ3v) is 4.12. The van der Waals surface area contributed by atoms with Crippen LogP contribution in [0.1, 0.15) is 47.9 Å². The van der Waals surface area contributed by atoms with Crippen molar-refractivity contribution in [3.05, 3.63) is 28.3 Å². The van der Waals surface area contributed by atoms with Gasteiger partial charge in [-0.15, -0.1) is 0 Å². The molecule has 1 aromatic rings. The van der Waals surface area contributed by atoms with Crippen molar-refractivity contribution in [3.8, 4) is 5.75 Å². The Kier molecular flexibility index (Phi) is 4.65. The Balaban J connectivity index is 2.31. The number of methoxy groups -OCH3 is 1. The van der Waals surface area contributed by atoms with Crippen molar-refractivity contribution in [3.63, 3.8) is 0 Å². The van der Waals surface area contributed by atoms with Crippen LogP contribution >= 0.6 is 0 Å². The predicted molar refractivity (Wildman–Crippen MR) is 76.4 cm³/mol. The summed E-state index contributed by atoms with van der Waals surface area (Å²) in [5.41, 5.74) is 11.6. The van der Waals surface area contributed by atoms with E-state index in [0.29, 0.717) is 0 Å². The first-order valence-electron chi connectivity index (χ1n) is 7.16. The highest BCUT2D eigenvalue weighted by Gasteiger charge is 2.17. The Bertz CT molecular complexity index is 412. The van der Waals surface area contributed by atoms with Crippen LogP contribution in [0.4, 0.5) is 0 Å². The van der Waals surface area contributed by atoms with Crippen molar-refractivity contribution >= 4 is 0 Å². The fourth-order valence-electron chi connectivity index (χ4n) is 3.07. The molecule has 0 amide bonds. The number of hydrogen-bond donors (Lipinski definition) is 1. The Morgan fingerprint density at radius 1 is 1.22 bits per heavy atom. The Morgan fingerprint density at radius 2 is 2.00 bits per heavy atom. The molecule has 2 N–H and O–H groups in total. The van der Waals surface area contributed by atoms with Gasteiger partial charge in [0.25, 0.3) is 0 Å². The molecule has 0 bridgehead atoms. The SMILES string of the molecule is COc1cc2c(c(C)c1CCCCN)CCCC2. The highest BCUT2D eigenvalue weighted by atomic mass is 16.5. The van der Waals surface area contributed by atoms with Crippen molar-refractivity contribution < 1.29 is 4.74 Å². The molecule has 18 heavy (non-hydrogen) atoms. The number of nitrogens with two attached hydrogens (primary N) is 1. The molecular formula is C16H25NO. The van der Waals surface area contributed by atoms with Crippen LogP contribution in [-0.2, 0) is 19.3 Å². The molecular weight excluding hydrogens is 222 g/mol. The maximum absolute atomic E-state index is 5.59. The summed E-state index contributed by atoms with van der Waals surface area (Å²) in [6, 6.07) is 2.28. The van der Waals surface area contributed by atoms with E-state index >= 15 is 0 Å². The van der Waals surface area contributed by atoms with Gasteiger partial charge in [-0.05, 0) is 86.7 Å². The monoisotopic (exact) mass is 247 g/mol. The predicted octanol–water partition coefficient (Wildman–Crippen LogP) is 3.16. The van der Waals surface area contributed by atoms with Crippen molar-refractivity contribution in [1.29, 1.82) is 0 Å². The van der Waals surface area contributed by atoms with E-state index in [1.165, 1.54) is 42.4 Å². The molecule has 0 aliphatic heterocycles. The van der Waals surface area contributed by atoms with Crippen LogP contribution in [0.2, 0.25) is 0 Å². The molecule has 0 atom stereocenters. The van der Waals surface area contributed by atoms with Gasteiger partial charge in [0, 0.05) is 0 Å². The van der Waals surface area contributed by atoms with Crippen LogP contribution in [0.25, 0.3) is 0 Å². The lowest BCUT2D eigenvalue weighted by Gasteiger charge is -2.23. The lowest BCUT2D eigenvalue weighted by molar-refractivity contribution is 0.407. The molecule has 0 unspecified atom stereocenters. The summed E-state index contributed by atoms with van der Waals surface area (Å²) in [4.78, 5) is 0. The van der Waals surface area contributed by atoms with Crippen LogP contribution in [0.15, 0.2) is 6.07 Å². The normalized spacial score (nSPS) is 14.4. The molecule has 0 fully saturated rings. The van der Waals surface area contributed by atoms with Gasteiger partial charge in [0.1, 0.15) is 5.75 Å². The van der Waals surface area contributed by atoms with E-state index in [1.54, 1.807) is 12.7 Å². The largest absolute Gasteiger partial charge is 0.496 e. The van der Waals surface area contributed by atoms with E-state index in [4.69, 9.17) is 10.5 Å². The second-order valence-electron chi connectivity index (χ2n) is 5.27. The molecule has 0 heterocycles. The number of fused-ring (bicyclic) bond motifs is 1. The molecule has 2 heteroatoms. The Labute approximate surface area is 111 Å². The van der Waals surface area contributed by atoms with Gasteiger partial charge < -0.3 is 10.5 Å². The van der Waals surface area contributed by atoms with Gasteiger partial charge in [0.15, 0.2) is 0 Å². The van der Waals surface area contributed by atoms with Crippen molar-refractivity contribution in [2.75, 3.05) is 13.7 Å². The van der Waals surface area contributed by atoms with E-state index < -0.39 is 0 Å². The van der Waals surface area contributed by atoms with Crippen LogP contribution in [-0.4, -0.2) is 13.7 Å². The van der Waals surface area contributed by atoms with E-state index in [1.807, 2.05) is 0 Å². The molecule has 1 aliphatic rings. The van der Waals surface area contributed by atoms with Crippen LogP contribution in [0.3, 0.4) is 0 Å². The molecule has 1 aromatic carbocycles. The number of hydrogen-bond acceptors (Lipinski definition) is 2. The molecule has 0 saturated heterocycles. The third kappa shape index (κ3) is 2.69. The zero-order chi connectivity index (χ0) is 13.0. The summed E-state index contributed by atoms with van der Waals surface area (Å²) in [6.07, 6.45) is 8.47. The zero-order valence-corrected chi connectivity index (χ0v) is 11.7. The van der Waals surface area contributed by atoms with E-state index in [2.05, 4.69) is 13.0 Å². The first-order chi connectivity index (χ1) is 8.77. The first kappa shape index (κ1) is 13.4. The molecule has 1 aliphatic carbocycles. The Morgan fingerprint density at radius 3 is 2.72 bits per heavy atom. The first-order valence-corrected chi connectivity index (χ1v) is 7.16. The highest BCUT2D eigenvalue weighted by Crippen LogP contribution is 2.33. The molecule has 0 aromatic heterocycles. The van der Waals surface area contributed by atoms with Crippen LogP contribution in [0, 0.1) is 6.92 Å². The minimum Gasteiger partial charge on any atom is -0.496 e. The third-order valence-electron chi connectivity index (χ3n) is 4.12. The summed E-state index contributed by atoms with van der Waals surface area (Å²) in [6.45, 7) is 3.05. The van der Waals surface area contributed by atoms with Gasteiger partial charge in [-0.3, -0.25) is 0 Å². The summed E-state index contributed by atoms with van der Waals surface area (Å²) < 4.78 is 5.59. The summed E-state index contributed by atoms with van der Waals surface area (Å²) in [5.74, 6) is 1.09. The second-order valence-corrected chi connectivity index (χ2v) is 5.27. The standard InChI is InChI=1S/C16H25NO/c1-12-14-8-4-3-7-13(14)11-16(18-2)15(12)9-5-6-10-17/h11H,3-10,17H2,1-2H3. The number of unbranched alkanes of at least 4 members (excludes halogenated alkanes) is 1. The average Bonchev–Trinajstić information content (AvgIpc) is 2.41. The fraction of sp³-hybridized carbons (Fsp3) is 0.625. The van der Waals surface area contributed by atoms with Crippen molar-refractivity contribution in [2.45, 2.75) is 51.9 Å². The van der Waals surface area contributed by atoms with E-state index in [9.17, 15) is 0 Å². The number of aryl methyl sites for hydroxylation is 1. The number of benzene rings is 1. The fourth-order valence-corrected chi connectivity index (χ4v) is 3.07. The van der Waals surface area contributed by atoms with E-state index in [0.717, 1.165) is 31.6 Å². The molecule has 2 nitrogen and oxygen atoms in total. The van der Waals surface area contributed by atoms with Crippen LogP contribution < -0.4 is 10.5 Å². The molecule has 2 rings (SSSR count). The highest BCUT2D eigenvalue weighted by molar-refractivity contribution is 5.50. The molecule has 0 saturated carbocycles. The molecule has 0 radical (unpaired) electrons. The maximum Gasteiger partial charge on any atom is 0.122 e. The Hall–Kier alpha value is -1.02. The average molecular weight is 247 g/mol. The van der Waals surface area contributed by atoms with Gasteiger partial charge in [0.2, 0.25) is 0 Å². The lowest BCUT2D eigenvalue weighted by Crippen LogP contribution is -2.09.